The van der Waals surface area contributed by atoms with Gasteiger partial charge in [0.1, 0.15) is 17.4 Å². The number of carbonyl (C=O) groups excluding carboxylic acids is 3. The molecular weight excluding hydrogens is 434 g/mol. The van der Waals surface area contributed by atoms with Crippen molar-refractivity contribution in [3.63, 3.8) is 0 Å². The largest absolute Gasteiger partial charge is 0.435 e. The van der Waals surface area contributed by atoms with E-state index >= 15 is 0 Å². The summed E-state index contributed by atoms with van der Waals surface area (Å²) in [5.41, 5.74) is -1.37. The number of hydrogen-bond acceptors (Lipinski definition) is 4. The van der Waals surface area contributed by atoms with Crippen molar-refractivity contribution in [1.29, 1.82) is 0 Å². The Labute approximate surface area is 178 Å². The second-order valence-corrected chi connectivity index (χ2v) is 7.08. The number of fused-ring (bicyclic) bond motifs is 1. The lowest BCUT2D eigenvalue weighted by molar-refractivity contribution is -0.122. The third kappa shape index (κ3) is 4.07. The third-order valence-electron chi connectivity index (χ3n) is 4.84. The molecule has 2 aliphatic rings. The van der Waals surface area contributed by atoms with E-state index in [9.17, 15) is 31.9 Å². The Morgan fingerprint density at radius 1 is 1.09 bits per heavy atom. The van der Waals surface area contributed by atoms with E-state index in [1.54, 1.807) is 0 Å². The van der Waals surface area contributed by atoms with Gasteiger partial charge in [-0.25, -0.2) is 13.6 Å². The van der Waals surface area contributed by atoms with Crippen LogP contribution in [0.1, 0.15) is 21.5 Å². The van der Waals surface area contributed by atoms with Crippen LogP contribution < -0.4 is 15.4 Å². The molecule has 4 rings (SSSR count). The number of imide groups is 1. The first-order chi connectivity index (χ1) is 15.1. The molecule has 4 amide bonds. The lowest BCUT2D eigenvalue weighted by Crippen LogP contribution is -2.54. The highest BCUT2D eigenvalue weighted by atomic mass is 19.3. The monoisotopic (exact) mass is 447 g/mol. The van der Waals surface area contributed by atoms with Crippen LogP contribution in [0.5, 0.6) is 5.75 Å². The maximum absolute atomic E-state index is 13.4. The number of rotatable bonds is 4. The molecule has 2 aliphatic heterocycles. The third-order valence-corrected chi connectivity index (χ3v) is 4.84. The van der Waals surface area contributed by atoms with E-state index in [-0.39, 0.29) is 23.4 Å². The van der Waals surface area contributed by atoms with Gasteiger partial charge in [-0.05, 0) is 29.8 Å². The van der Waals surface area contributed by atoms with Crippen molar-refractivity contribution in [2.75, 3.05) is 6.54 Å². The van der Waals surface area contributed by atoms with Gasteiger partial charge in [0.05, 0.1) is 6.54 Å². The van der Waals surface area contributed by atoms with Crippen LogP contribution in [0.15, 0.2) is 36.4 Å². The highest BCUT2D eigenvalue weighted by molar-refractivity contribution is 6.10. The van der Waals surface area contributed by atoms with Crippen molar-refractivity contribution in [2.24, 2.45) is 0 Å². The number of benzene rings is 2. The first kappa shape index (κ1) is 21.2. The smallest absolute Gasteiger partial charge is 0.387 e. The predicted molar refractivity (Wildman–Crippen MR) is 100 cm³/mol. The summed E-state index contributed by atoms with van der Waals surface area (Å²) in [7, 11) is 0. The molecule has 11 heteroatoms. The summed E-state index contributed by atoms with van der Waals surface area (Å²) in [6.07, 6.45) is 0. The molecule has 1 atom stereocenters. The molecule has 0 unspecified atom stereocenters. The standard InChI is InChI=1S/C21H13F4N3O4/c22-13-5-11(6-14(23)7-13)3-4-21(18(30)26-20(31)27-21)10-28-9-12-1-2-15(32-19(24)25)8-16(12)17(28)29/h1-2,5-8,19H,9-10H2,(H2,26,27,30,31)/t21-/m0/s1. The van der Waals surface area contributed by atoms with Crippen LogP contribution in [0.25, 0.3) is 0 Å². The molecule has 0 aromatic heterocycles. The van der Waals surface area contributed by atoms with Crippen LogP contribution in [0.4, 0.5) is 22.4 Å². The van der Waals surface area contributed by atoms with Crippen LogP contribution in [-0.2, 0) is 11.3 Å². The van der Waals surface area contributed by atoms with Crippen molar-refractivity contribution < 1.29 is 36.7 Å². The minimum atomic E-state index is -3.07. The molecule has 0 saturated carbocycles. The van der Waals surface area contributed by atoms with E-state index < -0.39 is 48.2 Å². The molecule has 1 fully saturated rings. The van der Waals surface area contributed by atoms with Gasteiger partial charge in [-0.15, -0.1) is 0 Å². The minimum Gasteiger partial charge on any atom is -0.435 e. The summed E-state index contributed by atoms with van der Waals surface area (Å²) < 4.78 is 56.1. The van der Waals surface area contributed by atoms with Gasteiger partial charge in [0.2, 0.25) is 5.54 Å². The Balaban J connectivity index is 1.63. The van der Waals surface area contributed by atoms with Gasteiger partial charge in [0, 0.05) is 23.7 Å². The Morgan fingerprint density at radius 3 is 2.44 bits per heavy atom. The van der Waals surface area contributed by atoms with Crippen molar-refractivity contribution >= 4 is 17.8 Å². The zero-order chi connectivity index (χ0) is 23.0. The zero-order valence-corrected chi connectivity index (χ0v) is 16.0. The Kier molecular flexibility index (Phi) is 5.22. The quantitative estimate of drug-likeness (QED) is 0.427. The maximum Gasteiger partial charge on any atom is 0.387 e. The molecule has 1 saturated heterocycles. The normalized spacial score (nSPS) is 19.4. The summed E-state index contributed by atoms with van der Waals surface area (Å²) in [6, 6.07) is 5.56. The molecule has 164 valence electrons. The van der Waals surface area contributed by atoms with Crippen LogP contribution >= 0.6 is 0 Å². The number of hydrogen-bond donors (Lipinski definition) is 2. The van der Waals surface area contributed by atoms with Gasteiger partial charge in [-0.2, -0.15) is 8.78 Å². The van der Waals surface area contributed by atoms with Crippen molar-refractivity contribution in [3.05, 3.63) is 64.7 Å². The van der Waals surface area contributed by atoms with Gasteiger partial charge in [0.15, 0.2) is 0 Å². The summed E-state index contributed by atoms with van der Waals surface area (Å²) in [5, 5.41) is 4.38. The molecular formula is C21H13F4N3O4. The number of alkyl halides is 2. The number of amides is 4. The molecule has 2 aromatic carbocycles. The number of urea groups is 1. The number of nitrogens with one attached hydrogen (secondary N) is 2. The molecule has 0 radical (unpaired) electrons. The van der Waals surface area contributed by atoms with Crippen LogP contribution in [0.3, 0.4) is 0 Å². The molecule has 32 heavy (non-hydrogen) atoms. The Bertz CT molecular complexity index is 1190. The van der Waals surface area contributed by atoms with Crippen LogP contribution in [0, 0.1) is 23.5 Å². The van der Waals surface area contributed by atoms with E-state index in [1.165, 1.54) is 17.0 Å². The van der Waals surface area contributed by atoms with E-state index in [2.05, 4.69) is 21.9 Å². The average Bonchev–Trinajstić information content (AvgIpc) is 3.15. The molecule has 0 aliphatic carbocycles. The zero-order valence-electron chi connectivity index (χ0n) is 16.0. The van der Waals surface area contributed by atoms with Crippen molar-refractivity contribution in [1.82, 2.24) is 15.5 Å². The number of nitrogens with zero attached hydrogens (tertiary/aromatic N) is 1. The van der Waals surface area contributed by atoms with Gasteiger partial charge in [0.25, 0.3) is 11.8 Å². The highest BCUT2D eigenvalue weighted by Crippen LogP contribution is 2.29. The minimum absolute atomic E-state index is 0.0182. The van der Waals surface area contributed by atoms with Crippen molar-refractivity contribution in [2.45, 2.75) is 18.7 Å². The average molecular weight is 447 g/mol. The van der Waals surface area contributed by atoms with Crippen LogP contribution in [0.2, 0.25) is 0 Å². The molecule has 2 heterocycles. The number of halogens is 4. The molecule has 2 aromatic rings. The van der Waals surface area contributed by atoms with E-state index in [4.69, 9.17) is 0 Å². The van der Waals surface area contributed by atoms with Gasteiger partial charge in [-0.1, -0.05) is 17.9 Å². The lowest BCUT2D eigenvalue weighted by Gasteiger charge is -2.26. The molecule has 0 bridgehead atoms. The van der Waals surface area contributed by atoms with Crippen molar-refractivity contribution in [3.8, 4) is 17.6 Å². The lowest BCUT2D eigenvalue weighted by atomic mass is 9.99. The summed E-state index contributed by atoms with van der Waals surface area (Å²) in [6.45, 7) is -3.44. The van der Waals surface area contributed by atoms with Crippen LogP contribution in [-0.4, -0.2) is 41.4 Å². The second kappa shape index (κ2) is 7.88. The maximum atomic E-state index is 13.4. The first-order valence-electron chi connectivity index (χ1n) is 9.15. The summed E-state index contributed by atoms with van der Waals surface area (Å²) in [5.74, 6) is 1.56. The Hall–Kier alpha value is -4.07. The van der Waals surface area contributed by atoms with Gasteiger partial charge >= 0.3 is 12.6 Å². The first-order valence-corrected chi connectivity index (χ1v) is 9.15. The molecule has 2 N–H and O–H groups in total. The fourth-order valence-electron chi connectivity index (χ4n) is 3.47. The number of carbonyl (C=O) groups is 3. The fraction of sp³-hybridized carbons (Fsp3) is 0.190. The Morgan fingerprint density at radius 2 is 1.81 bits per heavy atom. The van der Waals surface area contributed by atoms with E-state index in [0.717, 1.165) is 18.2 Å². The molecule has 7 nitrogen and oxygen atoms in total. The van der Waals surface area contributed by atoms with Gasteiger partial charge < -0.3 is 15.0 Å². The summed E-state index contributed by atoms with van der Waals surface area (Å²) in [4.78, 5) is 38.3. The second-order valence-electron chi connectivity index (χ2n) is 7.08. The van der Waals surface area contributed by atoms with E-state index in [1.807, 2.05) is 5.32 Å². The topological polar surface area (TPSA) is 87.7 Å². The SMILES string of the molecule is O=C1NC(=O)[C@](C#Cc2cc(F)cc(F)c2)(CN2Cc3ccc(OC(F)F)cc3C2=O)N1. The highest BCUT2D eigenvalue weighted by Gasteiger charge is 2.48. The number of ether oxygens (including phenoxy) is 1. The molecule has 0 spiro atoms. The predicted octanol–water partition coefficient (Wildman–Crippen LogP) is 2.15. The van der Waals surface area contributed by atoms with Gasteiger partial charge in [-0.3, -0.25) is 14.9 Å². The van der Waals surface area contributed by atoms with E-state index in [0.29, 0.717) is 11.6 Å². The fourth-order valence-corrected chi connectivity index (χ4v) is 3.47. The summed E-state index contributed by atoms with van der Waals surface area (Å²) >= 11 is 0.